The molecular weight excluding hydrogens is 448 g/mol. The third-order valence-electron chi connectivity index (χ3n) is 6.98. The van der Waals surface area contributed by atoms with Crippen molar-refractivity contribution in [3.63, 3.8) is 0 Å². The van der Waals surface area contributed by atoms with Crippen LogP contribution in [0.5, 0.6) is 0 Å². The summed E-state index contributed by atoms with van der Waals surface area (Å²) in [6.45, 7) is 11.0. The second-order valence-electron chi connectivity index (χ2n) is 9.74. The summed E-state index contributed by atoms with van der Waals surface area (Å²) >= 11 is 5.93. The summed E-state index contributed by atoms with van der Waals surface area (Å²) in [5.41, 5.74) is 9.50. The van der Waals surface area contributed by atoms with Gasteiger partial charge in [-0.05, 0) is 98.1 Å². The molecular formula is C30H32N4S. The molecule has 5 rings (SSSR count). The van der Waals surface area contributed by atoms with Crippen LogP contribution in [0.2, 0.25) is 0 Å². The molecule has 2 atom stereocenters. The molecule has 2 aromatic carbocycles. The van der Waals surface area contributed by atoms with E-state index < -0.39 is 0 Å². The molecule has 0 unspecified atom stereocenters. The van der Waals surface area contributed by atoms with Gasteiger partial charge in [0, 0.05) is 29.0 Å². The highest BCUT2D eigenvalue weighted by Gasteiger charge is 2.42. The van der Waals surface area contributed by atoms with Gasteiger partial charge in [-0.1, -0.05) is 44.2 Å². The van der Waals surface area contributed by atoms with Gasteiger partial charge in [0.05, 0.1) is 17.8 Å². The van der Waals surface area contributed by atoms with E-state index in [0.29, 0.717) is 5.92 Å². The number of thiocarbonyl (C=S) groups is 1. The fourth-order valence-corrected chi connectivity index (χ4v) is 5.57. The number of hydrogen-bond acceptors (Lipinski definition) is 2. The normalized spacial score (nSPS) is 17.8. The largest absolute Gasteiger partial charge is 0.351 e. The minimum absolute atomic E-state index is 0.0212. The molecule has 178 valence electrons. The van der Waals surface area contributed by atoms with Crippen LogP contribution in [-0.2, 0) is 0 Å². The summed E-state index contributed by atoms with van der Waals surface area (Å²) in [7, 11) is 0. The number of anilines is 1. The highest BCUT2D eigenvalue weighted by molar-refractivity contribution is 7.80. The highest BCUT2D eigenvalue weighted by atomic mass is 32.1. The lowest BCUT2D eigenvalue weighted by Gasteiger charge is -2.28. The van der Waals surface area contributed by atoms with Crippen LogP contribution in [0.1, 0.15) is 65.6 Å². The van der Waals surface area contributed by atoms with Gasteiger partial charge in [-0.2, -0.15) is 0 Å². The molecule has 1 aliphatic heterocycles. The molecule has 1 N–H and O–H groups in total. The molecule has 0 aliphatic carbocycles. The van der Waals surface area contributed by atoms with Gasteiger partial charge in [-0.15, -0.1) is 0 Å². The number of aromatic nitrogens is 2. The van der Waals surface area contributed by atoms with Crippen molar-refractivity contribution in [2.75, 3.05) is 4.90 Å². The maximum atomic E-state index is 5.93. The number of hydrogen-bond donors (Lipinski definition) is 1. The third kappa shape index (κ3) is 4.25. The molecule has 1 fully saturated rings. The zero-order valence-electron chi connectivity index (χ0n) is 21.0. The van der Waals surface area contributed by atoms with Gasteiger partial charge in [0.15, 0.2) is 5.11 Å². The minimum atomic E-state index is -0.0556. The van der Waals surface area contributed by atoms with E-state index in [1.165, 1.54) is 33.8 Å². The number of rotatable bonds is 5. The topological polar surface area (TPSA) is 33.1 Å². The number of benzene rings is 2. The SMILES string of the molecule is Cc1cccc(-n2c(C)cc([C@@H]3[C@@H](c4ccccn4)NC(=S)N3c3ccc(C(C)C)cc3)c2C)c1. The maximum Gasteiger partial charge on any atom is 0.174 e. The predicted molar refractivity (Wildman–Crippen MR) is 148 cm³/mol. The first-order chi connectivity index (χ1) is 16.8. The molecule has 1 saturated heterocycles. The van der Waals surface area contributed by atoms with E-state index in [-0.39, 0.29) is 12.1 Å². The van der Waals surface area contributed by atoms with Crippen LogP contribution in [0.25, 0.3) is 5.69 Å². The van der Waals surface area contributed by atoms with Gasteiger partial charge in [0.1, 0.15) is 0 Å². The zero-order valence-corrected chi connectivity index (χ0v) is 21.8. The number of aryl methyl sites for hydroxylation is 2. The van der Waals surface area contributed by atoms with Crippen LogP contribution in [0.3, 0.4) is 0 Å². The van der Waals surface area contributed by atoms with Gasteiger partial charge in [0.25, 0.3) is 0 Å². The molecule has 4 nitrogen and oxygen atoms in total. The van der Waals surface area contributed by atoms with Crippen molar-refractivity contribution in [3.8, 4) is 5.69 Å². The summed E-state index contributed by atoms with van der Waals surface area (Å²) in [5, 5.41) is 4.32. The molecule has 5 heteroatoms. The Balaban J connectivity index is 1.66. The van der Waals surface area contributed by atoms with Crippen LogP contribution < -0.4 is 10.2 Å². The Morgan fingerprint density at radius 2 is 1.66 bits per heavy atom. The van der Waals surface area contributed by atoms with Crippen LogP contribution >= 0.6 is 12.2 Å². The Morgan fingerprint density at radius 1 is 0.886 bits per heavy atom. The standard InChI is InChI=1S/C30H32N4S/c1-19(2)23-12-14-24(15-13-23)34-29(28(32-30(34)35)27-11-6-7-16-31-27)26-18-21(4)33(22(26)5)25-10-8-9-20(3)17-25/h6-19,28-29H,1-5H3,(H,32,35)/t28-,29-/m1/s1. The molecule has 4 aromatic rings. The molecule has 0 bridgehead atoms. The summed E-state index contributed by atoms with van der Waals surface area (Å²) in [6, 6.07) is 25.8. The number of nitrogens with one attached hydrogen (secondary N) is 1. The zero-order chi connectivity index (χ0) is 24.7. The smallest absolute Gasteiger partial charge is 0.174 e. The van der Waals surface area contributed by atoms with Crippen LogP contribution in [-0.4, -0.2) is 14.7 Å². The molecule has 0 amide bonds. The van der Waals surface area contributed by atoms with Gasteiger partial charge in [-0.25, -0.2) is 0 Å². The van der Waals surface area contributed by atoms with E-state index in [4.69, 9.17) is 17.2 Å². The number of nitrogens with zero attached hydrogens (tertiary/aromatic N) is 3. The van der Waals surface area contributed by atoms with Crippen molar-refractivity contribution in [1.82, 2.24) is 14.9 Å². The molecule has 35 heavy (non-hydrogen) atoms. The average Bonchev–Trinajstić information content (AvgIpc) is 3.34. The van der Waals surface area contributed by atoms with Crippen LogP contribution in [0, 0.1) is 20.8 Å². The van der Waals surface area contributed by atoms with Gasteiger partial charge in [0.2, 0.25) is 0 Å². The number of pyridine rings is 1. The van der Waals surface area contributed by atoms with Crippen molar-refractivity contribution in [3.05, 3.63) is 113 Å². The summed E-state index contributed by atoms with van der Waals surface area (Å²) in [4.78, 5) is 6.97. The van der Waals surface area contributed by atoms with Gasteiger partial charge < -0.3 is 14.8 Å². The summed E-state index contributed by atoms with van der Waals surface area (Å²) in [5.74, 6) is 0.484. The second-order valence-corrected chi connectivity index (χ2v) is 10.1. The van der Waals surface area contributed by atoms with Crippen molar-refractivity contribution in [1.29, 1.82) is 0 Å². The Labute approximate surface area is 213 Å². The third-order valence-corrected chi connectivity index (χ3v) is 7.30. The van der Waals surface area contributed by atoms with E-state index in [1.807, 2.05) is 18.3 Å². The molecule has 2 aromatic heterocycles. The fourth-order valence-electron chi connectivity index (χ4n) is 5.22. The van der Waals surface area contributed by atoms with E-state index >= 15 is 0 Å². The Hall–Kier alpha value is -3.44. The molecule has 0 saturated carbocycles. The second kappa shape index (κ2) is 9.31. The molecule has 1 aliphatic rings. The average molecular weight is 481 g/mol. The minimum Gasteiger partial charge on any atom is -0.351 e. The summed E-state index contributed by atoms with van der Waals surface area (Å²) < 4.78 is 2.35. The van der Waals surface area contributed by atoms with E-state index in [9.17, 15) is 0 Å². The van der Waals surface area contributed by atoms with Crippen molar-refractivity contribution in [2.45, 2.75) is 52.6 Å². The maximum absolute atomic E-state index is 5.93. The lowest BCUT2D eigenvalue weighted by atomic mass is 9.96. The lowest BCUT2D eigenvalue weighted by molar-refractivity contribution is 0.565. The van der Waals surface area contributed by atoms with Crippen molar-refractivity contribution < 1.29 is 0 Å². The quantitative estimate of drug-likeness (QED) is 0.309. The molecule has 0 radical (unpaired) electrons. The van der Waals surface area contributed by atoms with E-state index in [2.05, 4.69) is 110 Å². The Kier molecular flexibility index (Phi) is 6.20. The fraction of sp³-hybridized carbons (Fsp3) is 0.267. The predicted octanol–water partition coefficient (Wildman–Crippen LogP) is 7.10. The van der Waals surface area contributed by atoms with Gasteiger partial charge in [-0.3, -0.25) is 4.98 Å². The monoisotopic (exact) mass is 480 g/mol. The Morgan fingerprint density at radius 3 is 2.31 bits per heavy atom. The van der Waals surface area contributed by atoms with E-state index in [0.717, 1.165) is 16.5 Å². The van der Waals surface area contributed by atoms with Crippen LogP contribution in [0.15, 0.2) is 79.0 Å². The van der Waals surface area contributed by atoms with Crippen LogP contribution in [0.4, 0.5) is 5.69 Å². The highest BCUT2D eigenvalue weighted by Crippen LogP contribution is 2.44. The van der Waals surface area contributed by atoms with E-state index in [1.54, 1.807) is 0 Å². The summed E-state index contributed by atoms with van der Waals surface area (Å²) in [6.07, 6.45) is 1.85. The lowest BCUT2D eigenvalue weighted by Crippen LogP contribution is -2.29. The van der Waals surface area contributed by atoms with Crippen molar-refractivity contribution >= 4 is 23.0 Å². The van der Waals surface area contributed by atoms with Crippen molar-refractivity contribution in [2.24, 2.45) is 0 Å². The Bertz CT molecular complexity index is 1360. The first kappa shape index (κ1) is 23.3. The van der Waals surface area contributed by atoms with Gasteiger partial charge >= 0.3 is 0 Å². The first-order valence-corrected chi connectivity index (χ1v) is 12.6. The molecule has 3 heterocycles. The molecule has 0 spiro atoms. The first-order valence-electron chi connectivity index (χ1n) is 12.2.